The van der Waals surface area contributed by atoms with Crippen LogP contribution in [0.2, 0.25) is 5.02 Å². The van der Waals surface area contributed by atoms with E-state index >= 15 is 0 Å². The van der Waals surface area contributed by atoms with Crippen molar-refractivity contribution < 1.29 is 9.53 Å². The maximum atomic E-state index is 12.6. The molecule has 1 unspecified atom stereocenters. The molecule has 4 rings (SSSR count). The summed E-state index contributed by atoms with van der Waals surface area (Å²) >= 11 is 5.94. The maximum absolute atomic E-state index is 12.6. The lowest BCUT2D eigenvalue weighted by molar-refractivity contribution is 0.205. The van der Waals surface area contributed by atoms with E-state index in [1.165, 1.54) is 5.56 Å². The molecule has 2 heterocycles. The highest BCUT2D eigenvalue weighted by atomic mass is 35.5. The Morgan fingerprint density at radius 2 is 2.23 bits per heavy atom. The third kappa shape index (κ3) is 3.26. The third-order valence-electron chi connectivity index (χ3n) is 5.50. The number of carbonyl (C=O) groups is 1. The number of benzene rings is 1. The van der Waals surface area contributed by atoms with Crippen molar-refractivity contribution in [3.63, 3.8) is 0 Å². The van der Waals surface area contributed by atoms with Gasteiger partial charge in [0.15, 0.2) is 0 Å². The van der Waals surface area contributed by atoms with Crippen molar-refractivity contribution in [2.75, 3.05) is 26.7 Å². The molecule has 1 atom stereocenters. The predicted octanol–water partition coefficient (Wildman–Crippen LogP) is 3.23. The number of para-hydroxylation sites is 1. The number of amides is 2. The van der Waals surface area contributed by atoms with Gasteiger partial charge in [-0.15, -0.1) is 0 Å². The van der Waals surface area contributed by atoms with E-state index < -0.39 is 0 Å². The number of urea groups is 1. The van der Waals surface area contributed by atoms with Gasteiger partial charge in [0, 0.05) is 36.8 Å². The van der Waals surface area contributed by atoms with Crippen LogP contribution in [0.1, 0.15) is 30.9 Å². The SMILES string of the molecule is COc1ccccc1C1(CNC(=O)N2CCC(n3cc(Cl)cn3)C2)CC1. The average molecular weight is 375 g/mol. The van der Waals surface area contributed by atoms with Crippen molar-refractivity contribution in [3.05, 3.63) is 47.2 Å². The second-order valence-corrected chi connectivity index (χ2v) is 7.60. The summed E-state index contributed by atoms with van der Waals surface area (Å²) in [6, 6.07) is 8.27. The largest absolute Gasteiger partial charge is 0.496 e. The number of likely N-dealkylation sites (tertiary alicyclic amines) is 1. The fraction of sp³-hybridized carbons (Fsp3) is 0.474. The van der Waals surface area contributed by atoms with E-state index in [-0.39, 0.29) is 17.5 Å². The van der Waals surface area contributed by atoms with Crippen LogP contribution in [0.4, 0.5) is 4.79 Å². The number of nitrogens with zero attached hydrogens (tertiary/aromatic N) is 3. The molecular formula is C19H23ClN4O2. The van der Waals surface area contributed by atoms with Crippen LogP contribution >= 0.6 is 11.6 Å². The molecule has 1 saturated carbocycles. The van der Waals surface area contributed by atoms with Crippen LogP contribution in [-0.4, -0.2) is 47.5 Å². The van der Waals surface area contributed by atoms with Gasteiger partial charge in [0.25, 0.3) is 0 Å². The maximum Gasteiger partial charge on any atom is 0.317 e. The van der Waals surface area contributed by atoms with E-state index in [9.17, 15) is 4.79 Å². The minimum Gasteiger partial charge on any atom is -0.496 e. The molecule has 1 N–H and O–H groups in total. The molecule has 1 aromatic heterocycles. The van der Waals surface area contributed by atoms with Gasteiger partial charge in [0.05, 0.1) is 24.4 Å². The highest BCUT2D eigenvalue weighted by molar-refractivity contribution is 6.30. The Morgan fingerprint density at radius 1 is 1.42 bits per heavy atom. The van der Waals surface area contributed by atoms with Crippen LogP contribution in [0, 0.1) is 0 Å². The molecule has 2 amide bonds. The first kappa shape index (κ1) is 17.2. The smallest absolute Gasteiger partial charge is 0.317 e. The Morgan fingerprint density at radius 3 is 2.92 bits per heavy atom. The molecule has 138 valence electrons. The fourth-order valence-corrected chi connectivity index (χ4v) is 3.93. The predicted molar refractivity (Wildman–Crippen MR) is 99.8 cm³/mol. The first-order valence-corrected chi connectivity index (χ1v) is 9.35. The second kappa shape index (κ2) is 6.83. The topological polar surface area (TPSA) is 59.4 Å². The molecule has 26 heavy (non-hydrogen) atoms. The highest BCUT2D eigenvalue weighted by Gasteiger charge is 2.46. The van der Waals surface area contributed by atoms with Gasteiger partial charge < -0.3 is 15.0 Å². The minimum absolute atomic E-state index is 0.00748. The van der Waals surface area contributed by atoms with Crippen LogP contribution < -0.4 is 10.1 Å². The third-order valence-corrected chi connectivity index (χ3v) is 5.70. The van der Waals surface area contributed by atoms with Crippen molar-refractivity contribution >= 4 is 17.6 Å². The molecule has 2 fully saturated rings. The van der Waals surface area contributed by atoms with Gasteiger partial charge in [0.1, 0.15) is 5.75 Å². The van der Waals surface area contributed by atoms with Crippen LogP contribution in [0.15, 0.2) is 36.7 Å². The monoisotopic (exact) mass is 374 g/mol. The molecule has 0 spiro atoms. The summed E-state index contributed by atoms with van der Waals surface area (Å²) < 4.78 is 7.35. The molecule has 1 aliphatic carbocycles. The number of hydrogen-bond donors (Lipinski definition) is 1. The van der Waals surface area contributed by atoms with E-state index in [2.05, 4.69) is 16.5 Å². The zero-order valence-corrected chi connectivity index (χ0v) is 15.6. The van der Waals surface area contributed by atoms with E-state index in [0.717, 1.165) is 31.6 Å². The second-order valence-electron chi connectivity index (χ2n) is 7.17. The van der Waals surface area contributed by atoms with Crippen molar-refractivity contribution in [2.24, 2.45) is 0 Å². The van der Waals surface area contributed by atoms with Crippen molar-refractivity contribution in [2.45, 2.75) is 30.7 Å². The summed E-state index contributed by atoms with van der Waals surface area (Å²) in [5.74, 6) is 0.899. The zero-order valence-electron chi connectivity index (χ0n) is 14.8. The molecule has 0 bridgehead atoms. The summed E-state index contributed by atoms with van der Waals surface area (Å²) in [5.41, 5.74) is 1.20. The quantitative estimate of drug-likeness (QED) is 0.874. The van der Waals surface area contributed by atoms with E-state index in [1.54, 1.807) is 13.3 Å². The highest BCUT2D eigenvalue weighted by Crippen LogP contribution is 2.50. The van der Waals surface area contributed by atoms with Crippen LogP contribution in [0.25, 0.3) is 0 Å². The lowest BCUT2D eigenvalue weighted by Gasteiger charge is -2.22. The molecule has 2 aliphatic rings. The Kier molecular flexibility index (Phi) is 4.53. The number of hydrogen-bond acceptors (Lipinski definition) is 3. The number of methoxy groups -OCH3 is 1. The summed E-state index contributed by atoms with van der Waals surface area (Å²) in [6.45, 7) is 2.03. The normalized spacial score (nSPS) is 20.8. The Bertz CT molecular complexity index is 802. The Labute approximate surface area is 158 Å². The first-order chi connectivity index (χ1) is 12.6. The molecule has 1 aromatic carbocycles. The van der Waals surface area contributed by atoms with Gasteiger partial charge >= 0.3 is 6.03 Å². The number of nitrogens with one attached hydrogen (secondary N) is 1. The molecule has 1 aliphatic heterocycles. The lowest BCUT2D eigenvalue weighted by atomic mass is 9.95. The van der Waals surface area contributed by atoms with Gasteiger partial charge in [-0.3, -0.25) is 4.68 Å². The van der Waals surface area contributed by atoms with Gasteiger partial charge in [-0.2, -0.15) is 5.10 Å². The zero-order chi connectivity index (χ0) is 18.1. The van der Waals surface area contributed by atoms with Crippen molar-refractivity contribution in [1.29, 1.82) is 0 Å². The number of halogens is 1. The summed E-state index contributed by atoms with van der Waals surface area (Å²) in [4.78, 5) is 14.5. The fourth-order valence-electron chi connectivity index (χ4n) is 3.79. The van der Waals surface area contributed by atoms with Gasteiger partial charge in [-0.05, 0) is 25.3 Å². The molecule has 1 saturated heterocycles. The van der Waals surface area contributed by atoms with Gasteiger partial charge in [-0.25, -0.2) is 4.79 Å². The average Bonchev–Trinajstić information content (AvgIpc) is 3.06. The van der Waals surface area contributed by atoms with Crippen LogP contribution in [0.5, 0.6) is 5.75 Å². The van der Waals surface area contributed by atoms with Gasteiger partial charge in [0.2, 0.25) is 0 Å². The molecule has 2 aromatic rings. The number of rotatable bonds is 5. The standard InChI is InChI=1S/C19H23ClN4O2/c1-26-17-5-3-2-4-16(17)19(7-8-19)13-21-18(25)23-9-6-15(12-23)24-11-14(20)10-22-24/h2-5,10-11,15H,6-9,12-13H2,1H3,(H,21,25). The number of ether oxygens (including phenoxy) is 1. The molecule has 0 radical (unpaired) electrons. The Hall–Kier alpha value is -2.21. The van der Waals surface area contributed by atoms with Crippen LogP contribution in [-0.2, 0) is 5.41 Å². The first-order valence-electron chi connectivity index (χ1n) is 8.97. The lowest BCUT2D eigenvalue weighted by Crippen LogP contribution is -2.42. The van der Waals surface area contributed by atoms with E-state index in [1.807, 2.05) is 34.0 Å². The van der Waals surface area contributed by atoms with E-state index in [0.29, 0.717) is 18.1 Å². The number of carbonyl (C=O) groups excluding carboxylic acids is 1. The molecule has 7 heteroatoms. The summed E-state index contributed by atoms with van der Waals surface area (Å²) in [7, 11) is 1.69. The minimum atomic E-state index is -0.00748. The van der Waals surface area contributed by atoms with Crippen molar-refractivity contribution in [1.82, 2.24) is 20.0 Å². The Balaban J connectivity index is 1.36. The number of aromatic nitrogens is 2. The summed E-state index contributed by atoms with van der Waals surface area (Å²) in [6.07, 6.45) is 6.48. The molecule has 6 nitrogen and oxygen atoms in total. The van der Waals surface area contributed by atoms with E-state index in [4.69, 9.17) is 16.3 Å². The van der Waals surface area contributed by atoms with Gasteiger partial charge in [-0.1, -0.05) is 29.8 Å². The van der Waals surface area contributed by atoms with Crippen molar-refractivity contribution in [3.8, 4) is 5.75 Å². The molecular weight excluding hydrogens is 352 g/mol. The van der Waals surface area contributed by atoms with Crippen LogP contribution in [0.3, 0.4) is 0 Å². The summed E-state index contributed by atoms with van der Waals surface area (Å²) in [5, 5.41) is 8.01.